The van der Waals surface area contributed by atoms with E-state index in [9.17, 15) is 4.79 Å². The second-order valence-electron chi connectivity index (χ2n) is 8.52. The van der Waals surface area contributed by atoms with Crippen LogP contribution in [0.5, 0.6) is 0 Å². The molecule has 2 aliphatic carbocycles. The van der Waals surface area contributed by atoms with E-state index in [1.807, 2.05) is 30.1 Å². The van der Waals surface area contributed by atoms with Gasteiger partial charge in [-0.1, -0.05) is 29.3 Å². The van der Waals surface area contributed by atoms with Crippen LogP contribution in [0.25, 0.3) is 0 Å². The maximum Gasteiger partial charge on any atom is 0.317 e. The molecule has 2 saturated carbocycles. The monoisotopic (exact) mass is 424 g/mol. The average Bonchev–Trinajstić information content (AvgIpc) is 3.50. The number of rotatable bonds is 6. The number of hydrogen-bond donors (Lipinski definition) is 1. The van der Waals surface area contributed by atoms with Gasteiger partial charge in [0, 0.05) is 45.3 Å². The van der Waals surface area contributed by atoms with Gasteiger partial charge in [0.1, 0.15) is 0 Å². The van der Waals surface area contributed by atoms with Crippen LogP contribution in [0.2, 0.25) is 10.0 Å². The van der Waals surface area contributed by atoms with Crippen LogP contribution in [-0.4, -0.2) is 67.7 Å². The quantitative estimate of drug-likeness (QED) is 0.747. The Kier molecular flexibility index (Phi) is 6.24. The number of carbonyl (C=O) groups excluding carboxylic acids is 1. The van der Waals surface area contributed by atoms with Gasteiger partial charge in [0.05, 0.1) is 15.7 Å². The van der Waals surface area contributed by atoms with E-state index >= 15 is 0 Å². The third-order valence-electron chi connectivity index (χ3n) is 6.48. The SMILES string of the molecule is CN(C(=O)N[C@H]1C[C@H](CCN2CCN(c3cccc(Cl)c3Cl)CC2)C1)C1CC1. The molecule has 0 unspecified atom stereocenters. The zero-order valence-corrected chi connectivity index (χ0v) is 18.1. The van der Waals surface area contributed by atoms with Gasteiger partial charge in [-0.05, 0) is 56.7 Å². The fraction of sp³-hybridized carbons (Fsp3) is 0.667. The van der Waals surface area contributed by atoms with Crippen LogP contribution in [0.4, 0.5) is 10.5 Å². The Balaban J connectivity index is 1.13. The molecule has 5 nitrogen and oxygen atoms in total. The first-order chi connectivity index (χ1) is 13.5. The van der Waals surface area contributed by atoms with Gasteiger partial charge in [-0.25, -0.2) is 4.79 Å². The first-order valence-corrected chi connectivity index (χ1v) is 11.2. The number of halogens is 2. The molecule has 154 valence electrons. The zero-order chi connectivity index (χ0) is 19.7. The second kappa shape index (κ2) is 8.68. The molecule has 1 aromatic carbocycles. The van der Waals surface area contributed by atoms with Crippen molar-refractivity contribution in [3.05, 3.63) is 28.2 Å². The predicted molar refractivity (Wildman–Crippen MR) is 116 cm³/mol. The van der Waals surface area contributed by atoms with Crippen LogP contribution in [0.15, 0.2) is 18.2 Å². The van der Waals surface area contributed by atoms with Gasteiger partial charge in [-0.3, -0.25) is 4.90 Å². The van der Waals surface area contributed by atoms with Crippen LogP contribution < -0.4 is 10.2 Å². The molecule has 1 aliphatic heterocycles. The van der Waals surface area contributed by atoms with E-state index in [4.69, 9.17) is 23.2 Å². The summed E-state index contributed by atoms with van der Waals surface area (Å²) in [6.07, 6.45) is 5.80. The molecule has 1 saturated heterocycles. The third-order valence-corrected chi connectivity index (χ3v) is 7.28. The van der Waals surface area contributed by atoms with E-state index in [0.29, 0.717) is 22.1 Å². The van der Waals surface area contributed by atoms with Gasteiger partial charge in [0.15, 0.2) is 0 Å². The van der Waals surface area contributed by atoms with E-state index in [1.54, 1.807) is 0 Å². The minimum absolute atomic E-state index is 0.113. The average molecular weight is 425 g/mol. The third kappa shape index (κ3) is 4.69. The predicted octanol–water partition coefficient (Wildman–Crippen LogP) is 4.09. The summed E-state index contributed by atoms with van der Waals surface area (Å²) >= 11 is 12.5. The minimum Gasteiger partial charge on any atom is -0.368 e. The summed E-state index contributed by atoms with van der Waals surface area (Å²) in [7, 11) is 1.92. The first-order valence-electron chi connectivity index (χ1n) is 10.5. The Morgan fingerprint density at radius 2 is 1.89 bits per heavy atom. The molecule has 0 bridgehead atoms. The van der Waals surface area contributed by atoms with Crippen LogP contribution in [0, 0.1) is 5.92 Å². The molecule has 1 heterocycles. The minimum atomic E-state index is 0.113. The van der Waals surface area contributed by atoms with Crippen molar-refractivity contribution in [1.82, 2.24) is 15.1 Å². The second-order valence-corrected chi connectivity index (χ2v) is 9.30. The molecular formula is C21H30Cl2N4O. The summed E-state index contributed by atoms with van der Waals surface area (Å²) in [5, 5.41) is 4.46. The molecule has 0 aromatic heterocycles. The molecule has 0 atom stereocenters. The summed E-state index contributed by atoms with van der Waals surface area (Å²) in [5.41, 5.74) is 1.04. The Hall–Kier alpha value is -1.17. The molecule has 1 N–H and O–H groups in total. The number of benzene rings is 1. The molecule has 0 spiro atoms. The number of amides is 2. The summed E-state index contributed by atoms with van der Waals surface area (Å²) < 4.78 is 0. The number of piperazine rings is 1. The summed E-state index contributed by atoms with van der Waals surface area (Å²) in [4.78, 5) is 18.9. The van der Waals surface area contributed by atoms with Crippen molar-refractivity contribution in [1.29, 1.82) is 0 Å². The van der Waals surface area contributed by atoms with Gasteiger partial charge in [0.25, 0.3) is 0 Å². The molecule has 3 aliphatic rings. The Bertz CT molecular complexity index is 698. The van der Waals surface area contributed by atoms with E-state index in [-0.39, 0.29) is 6.03 Å². The molecule has 28 heavy (non-hydrogen) atoms. The smallest absolute Gasteiger partial charge is 0.317 e. The van der Waals surface area contributed by atoms with Gasteiger partial charge in [-0.15, -0.1) is 0 Å². The van der Waals surface area contributed by atoms with E-state index in [1.165, 1.54) is 6.42 Å². The first kappa shape index (κ1) is 20.1. The van der Waals surface area contributed by atoms with Crippen LogP contribution in [0.1, 0.15) is 32.1 Å². The number of carbonyl (C=O) groups is 1. The number of nitrogens with zero attached hydrogens (tertiary/aromatic N) is 3. The van der Waals surface area contributed by atoms with E-state index < -0.39 is 0 Å². The summed E-state index contributed by atoms with van der Waals surface area (Å²) in [6.45, 7) is 5.22. The lowest BCUT2D eigenvalue weighted by atomic mass is 9.78. The Morgan fingerprint density at radius 1 is 1.18 bits per heavy atom. The lowest BCUT2D eigenvalue weighted by Gasteiger charge is -2.40. The van der Waals surface area contributed by atoms with Crippen molar-refractivity contribution in [3.63, 3.8) is 0 Å². The Morgan fingerprint density at radius 3 is 2.57 bits per heavy atom. The lowest BCUT2D eigenvalue weighted by Crippen LogP contribution is -2.50. The van der Waals surface area contributed by atoms with Crippen LogP contribution in [0.3, 0.4) is 0 Å². The van der Waals surface area contributed by atoms with Crippen molar-refractivity contribution < 1.29 is 4.79 Å². The summed E-state index contributed by atoms with van der Waals surface area (Å²) in [6, 6.07) is 6.82. The number of anilines is 1. The van der Waals surface area contributed by atoms with Gasteiger partial charge in [0.2, 0.25) is 0 Å². The zero-order valence-electron chi connectivity index (χ0n) is 16.5. The van der Waals surface area contributed by atoms with Crippen molar-refractivity contribution in [2.24, 2.45) is 5.92 Å². The lowest BCUT2D eigenvalue weighted by molar-refractivity contribution is 0.158. The highest BCUT2D eigenvalue weighted by molar-refractivity contribution is 6.43. The number of hydrogen-bond acceptors (Lipinski definition) is 3. The molecule has 4 rings (SSSR count). The van der Waals surface area contributed by atoms with E-state index in [2.05, 4.69) is 15.1 Å². The maximum absolute atomic E-state index is 12.1. The van der Waals surface area contributed by atoms with E-state index in [0.717, 1.165) is 70.0 Å². The summed E-state index contributed by atoms with van der Waals surface area (Å²) in [5.74, 6) is 0.747. The number of urea groups is 1. The highest BCUT2D eigenvalue weighted by Crippen LogP contribution is 2.34. The normalized spacial score (nSPS) is 25.3. The fourth-order valence-electron chi connectivity index (χ4n) is 4.31. The molecule has 2 amide bonds. The topological polar surface area (TPSA) is 38.8 Å². The maximum atomic E-state index is 12.1. The van der Waals surface area contributed by atoms with Crippen molar-refractivity contribution in [3.8, 4) is 0 Å². The highest BCUT2D eigenvalue weighted by Gasteiger charge is 2.34. The van der Waals surface area contributed by atoms with Gasteiger partial charge >= 0.3 is 6.03 Å². The van der Waals surface area contributed by atoms with Crippen molar-refractivity contribution >= 4 is 34.9 Å². The van der Waals surface area contributed by atoms with Crippen LogP contribution in [-0.2, 0) is 0 Å². The molecule has 3 fully saturated rings. The van der Waals surface area contributed by atoms with Crippen molar-refractivity contribution in [2.45, 2.75) is 44.2 Å². The molecule has 0 radical (unpaired) electrons. The van der Waals surface area contributed by atoms with Crippen LogP contribution >= 0.6 is 23.2 Å². The number of nitrogens with one attached hydrogen (secondary N) is 1. The fourth-order valence-corrected chi connectivity index (χ4v) is 4.72. The molecule has 1 aromatic rings. The molecular weight excluding hydrogens is 395 g/mol. The largest absolute Gasteiger partial charge is 0.368 e. The Labute approximate surface area is 177 Å². The van der Waals surface area contributed by atoms with Gasteiger partial charge < -0.3 is 15.1 Å². The standard InChI is InChI=1S/C21H30Cl2N4O/c1-25(17-5-6-17)21(28)24-16-13-15(14-16)7-8-26-9-11-27(12-10-26)19-4-2-3-18(22)20(19)23/h2-4,15-17H,5-14H2,1H3,(H,24,28)/t15-,16-. The highest BCUT2D eigenvalue weighted by atomic mass is 35.5. The molecule has 7 heteroatoms. The van der Waals surface area contributed by atoms with Gasteiger partial charge in [-0.2, -0.15) is 0 Å². The van der Waals surface area contributed by atoms with Crippen molar-refractivity contribution in [2.75, 3.05) is 44.7 Å².